The van der Waals surface area contributed by atoms with Gasteiger partial charge in [-0.25, -0.2) is 9.13 Å². The van der Waals surface area contributed by atoms with E-state index in [2.05, 4.69) is 149 Å². The van der Waals surface area contributed by atoms with Crippen LogP contribution in [0.3, 0.4) is 0 Å². The Bertz CT molecular complexity index is 2480. The highest BCUT2D eigenvalue weighted by atomic mass is 31.2. The van der Waals surface area contributed by atoms with Crippen molar-refractivity contribution in [1.29, 1.82) is 0 Å². The molecule has 5 unspecified atom stereocenters. The Labute approximate surface area is 591 Å². The summed E-state index contributed by atoms with van der Waals surface area (Å²) >= 11 is 0. The summed E-state index contributed by atoms with van der Waals surface area (Å²) in [4.78, 5) is 72.6. The van der Waals surface area contributed by atoms with E-state index in [9.17, 15) is 43.2 Å². The average molecular weight is 1410 g/mol. The molecule has 0 bridgehead atoms. The van der Waals surface area contributed by atoms with Gasteiger partial charge in [-0.05, 0) is 122 Å². The number of carbonyl (C=O) groups is 4. The van der Waals surface area contributed by atoms with Crippen molar-refractivity contribution in [2.45, 2.75) is 277 Å². The monoisotopic (exact) mass is 1410 g/mol. The number of hydrogen-bond acceptors (Lipinski definition) is 15. The second kappa shape index (κ2) is 70.1. The van der Waals surface area contributed by atoms with Crippen LogP contribution in [0.2, 0.25) is 0 Å². The van der Waals surface area contributed by atoms with Gasteiger partial charge in [0.25, 0.3) is 0 Å². The lowest BCUT2D eigenvalue weighted by molar-refractivity contribution is -0.161. The Hall–Kier alpha value is -5.32. The molecule has 0 aromatic rings. The molecule has 0 aliphatic carbocycles. The summed E-state index contributed by atoms with van der Waals surface area (Å²) in [6.07, 6.45) is 80.0. The van der Waals surface area contributed by atoms with Crippen LogP contribution < -0.4 is 0 Å². The van der Waals surface area contributed by atoms with Gasteiger partial charge >= 0.3 is 39.5 Å². The number of aliphatic hydroxyl groups is 1. The van der Waals surface area contributed by atoms with Crippen LogP contribution in [0.15, 0.2) is 158 Å². The summed E-state index contributed by atoms with van der Waals surface area (Å²) in [5.74, 6) is -2.42. The minimum Gasteiger partial charge on any atom is -0.462 e. The fraction of sp³-hybridized carbons (Fsp3) is 0.620. The topological polar surface area (TPSA) is 237 Å². The van der Waals surface area contributed by atoms with E-state index >= 15 is 0 Å². The number of rotatable bonds is 67. The summed E-state index contributed by atoms with van der Waals surface area (Å²) in [7, 11) is -10.00. The van der Waals surface area contributed by atoms with E-state index in [1.54, 1.807) is 6.08 Å². The first-order valence-corrected chi connectivity index (χ1v) is 39.7. The van der Waals surface area contributed by atoms with Crippen LogP contribution in [-0.2, 0) is 65.4 Å². The SMILES string of the molecule is CC/C=C\C/C=C\C/C=C\C/C=C\C/C=C\CCCC(=O)OCC(COP(=O)(O)OCC(O)COP(=O)(O)OCC(COC(=O)C/C=C\C/C=C\C/C=C\C/C=C\C/C=C\CC)OC(=O)CCCCCCC/C=C\C/C=C\C/C=C\CC)OC(=O)CCCCCCCCCCCCC. The van der Waals surface area contributed by atoms with Gasteiger partial charge in [0.2, 0.25) is 0 Å². The van der Waals surface area contributed by atoms with Gasteiger partial charge in [0.15, 0.2) is 12.2 Å². The highest BCUT2D eigenvalue weighted by Gasteiger charge is 2.30. The number of unbranched alkanes of at least 4 members (excludes halogenated alkanes) is 16. The normalized spacial score (nSPS) is 14.9. The van der Waals surface area contributed by atoms with E-state index in [0.29, 0.717) is 32.1 Å². The molecular formula is C79H128O17P2. The maximum Gasteiger partial charge on any atom is 0.472 e. The molecule has 0 amide bonds. The third kappa shape index (κ3) is 69.2. The molecule has 0 spiro atoms. The van der Waals surface area contributed by atoms with Crippen LogP contribution in [0.4, 0.5) is 0 Å². The molecule has 0 saturated heterocycles. The number of ether oxygens (including phenoxy) is 4. The van der Waals surface area contributed by atoms with Gasteiger partial charge in [-0.2, -0.15) is 0 Å². The quantitative estimate of drug-likeness (QED) is 0.0169. The van der Waals surface area contributed by atoms with Crippen molar-refractivity contribution < 1.29 is 80.2 Å². The van der Waals surface area contributed by atoms with E-state index in [4.69, 9.17) is 37.0 Å². The molecule has 0 rings (SSSR count). The molecular weight excluding hydrogens is 1280 g/mol. The summed E-state index contributed by atoms with van der Waals surface area (Å²) in [5, 5.41) is 10.6. The molecule has 0 aliphatic rings. The smallest absolute Gasteiger partial charge is 0.462 e. The molecule has 0 fully saturated rings. The van der Waals surface area contributed by atoms with Gasteiger partial charge < -0.3 is 33.8 Å². The van der Waals surface area contributed by atoms with E-state index in [1.165, 1.54) is 38.5 Å². The summed E-state index contributed by atoms with van der Waals surface area (Å²) in [6, 6.07) is 0. The van der Waals surface area contributed by atoms with Crippen LogP contribution in [0.5, 0.6) is 0 Å². The molecule has 17 nitrogen and oxygen atoms in total. The van der Waals surface area contributed by atoms with Crippen molar-refractivity contribution in [3.8, 4) is 0 Å². The van der Waals surface area contributed by atoms with Crippen molar-refractivity contribution in [1.82, 2.24) is 0 Å². The summed E-state index contributed by atoms with van der Waals surface area (Å²) < 4.78 is 68.1. The van der Waals surface area contributed by atoms with Crippen LogP contribution in [0, 0.1) is 0 Å². The zero-order chi connectivity index (χ0) is 71.8. The van der Waals surface area contributed by atoms with Crippen molar-refractivity contribution in [3.05, 3.63) is 158 Å². The van der Waals surface area contributed by atoms with Crippen LogP contribution in [0.1, 0.15) is 259 Å². The van der Waals surface area contributed by atoms with Crippen LogP contribution in [0.25, 0.3) is 0 Å². The maximum atomic E-state index is 13.0. The van der Waals surface area contributed by atoms with E-state index < -0.39 is 97.5 Å². The molecule has 3 N–H and O–H groups in total. The Kier molecular flexibility index (Phi) is 66.3. The van der Waals surface area contributed by atoms with Gasteiger partial charge in [-0.3, -0.25) is 37.3 Å². The van der Waals surface area contributed by atoms with Crippen LogP contribution in [-0.4, -0.2) is 96.7 Å². The maximum absolute atomic E-state index is 13.0. The second-order valence-electron chi connectivity index (χ2n) is 23.8. The predicted octanol–water partition coefficient (Wildman–Crippen LogP) is 20.9. The number of carbonyl (C=O) groups excluding carboxylic acids is 4. The molecule has 556 valence electrons. The van der Waals surface area contributed by atoms with E-state index in [0.717, 1.165) is 135 Å². The zero-order valence-electron chi connectivity index (χ0n) is 60.4. The fourth-order valence-corrected chi connectivity index (χ4v) is 10.6. The molecule has 19 heteroatoms. The minimum atomic E-state index is -5.00. The van der Waals surface area contributed by atoms with E-state index in [-0.39, 0.29) is 25.7 Å². The van der Waals surface area contributed by atoms with Crippen molar-refractivity contribution >= 4 is 39.5 Å². The number of hydrogen-bond donors (Lipinski definition) is 3. The second-order valence-corrected chi connectivity index (χ2v) is 26.7. The first kappa shape index (κ1) is 92.7. The Morgan fingerprint density at radius 2 is 0.582 bits per heavy atom. The van der Waals surface area contributed by atoms with Gasteiger partial charge in [0.1, 0.15) is 19.3 Å². The molecule has 0 radical (unpaired) electrons. The molecule has 0 aliphatic heterocycles. The molecule has 5 atom stereocenters. The van der Waals surface area contributed by atoms with Crippen molar-refractivity contribution in [2.75, 3.05) is 39.6 Å². The minimum absolute atomic E-state index is 0.0499. The molecule has 98 heavy (non-hydrogen) atoms. The number of phosphoric ester groups is 2. The number of aliphatic hydroxyl groups excluding tert-OH is 1. The van der Waals surface area contributed by atoms with E-state index in [1.807, 2.05) is 30.4 Å². The first-order valence-electron chi connectivity index (χ1n) is 36.7. The number of allylic oxidation sites excluding steroid dienone is 25. The van der Waals surface area contributed by atoms with Crippen LogP contribution >= 0.6 is 15.6 Å². The van der Waals surface area contributed by atoms with Gasteiger partial charge in [0, 0.05) is 19.3 Å². The predicted molar refractivity (Wildman–Crippen MR) is 399 cm³/mol. The van der Waals surface area contributed by atoms with Gasteiger partial charge in [-0.1, -0.05) is 269 Å². The lowest BCUT2D eigenvalue weighted by Crippen LogP contribution is -2.30. The fourth-order valence-electron chi connectivity index (χ4n) is 9.05. The Balaban J connectivity index is 5.47. The van der Waals surface area contributed by atoms with Gasteiger partial charge in [0.05, 0.1) is 32.8 Å². The lowest BCUT2D eigenvalue weighted by Gasteiger charge is -2.21. The van der Waals surface area contributed by atoms with Gasteiger partial charge in [-0.15, -0.1) is 0 Å². The molecule has 0 saturated carbocycles. The number of esters is 4. The molecule has 0 aromatic heterocycles. The highest BCUT2D eigenvalue weighted by molar-refractivity contribution is 7.47. The largest absolute Gasteiger partial charge is 0.472 e. The first-order chi connectivity index (χ1) is 47.7. The molecule has 0 aromatic carbocycles. The Morgan fingerprint density at radius 1 is 0.306 bits per heavy atom. The standard InChI is InChI=1S/C79H128O17P2/c1-5-9-13-17-21-25-29-32-35-36-39-41-45-48-52-56-60-64-77(82)89-69-74(95-78(83)65-61-57-53-49-43-28-24-20-16-12-8-4)71-93-97(85,86)91-67-73(80)68-92-98(87,88)94-72-75(96-79(84)66-62-58-54-50-46-42-38-34-31-27-23-19-15-11-7-3)70-90-76(81)63-59-55-51-47-44-40-37-33-30-26-22-18-14-10-6-2/h9-11,13-15,21-23,25-27,32-35,37-39,41,44,47-48,52,55,59,73-75,80H,5-8,12,16-20,24,28-31,36,40,42-43,45-46,49-51,53-54,56-58,60-72H2,1-4H3,(H,85,86)(H,87,88)/b13-9-,14-10-,15-11-,25-21-,26-22-,27-23-,35-32-,37-33-,38-34-,41-39-,47-44-,52-48-,59-55-. The lowest BCUT2D eigenvalue weighted by atomic mass is 10.1. The number of phosphoric acid groups is 2. The third-order valence-electron chi connectivity index (χ3n) is 14.5. The van der Waals surface area contributed by atoms with Crippen molar-refractivity contribution in [3.63, 3.8) is 0 Å². The summed E-state index contributed by atoms with van der Waals surface area (Å²) in [6.45, 7) is 4.29. The molecule has 0 heterocycles. The average Bonchev–Trinajstić information content (AvgIpc) is 0.986. The summed E-state index contributed by atoms with van der Waals surface area (Å²) in [5.41, 5.74) is 0. The zero-order valence-corrected chi connectivity index (χ0v) is 62.2. The third-order valence-corrected chi connectivity index (χ3v) is 16.4. The Morgan fingerprint density at radius 3 is 0.939 bits per heavy atom. The van der Waals surface area contributed by atoms with Crippen molar-refractivity contribution in [2.24, 2.45) is 0 Å². The highest BCUT2D eigenvalue weighted by Crippen LogP contribution is 2.45.